The van der Waals surface area contributed by atoms with E-state index in [4.69, 9.17) is 14.8 Å². The van der Waals surface area contributed by atoms with Crippen molar-refractivity contribution < 1.29 is 4.74 Å². The third kappa shape index (κ3) is 3.05. The highest BCUT2D eigenvalue weighted by molar-refractivity contribution is 7.19. The smallest absolute Gasteiger partial charge is 0.168 e. The van der Waals surface area contributed by atoms with E-state index < -0.39 is 0 Å². The number of nitrogens with zero attached hydrogens (tertiary/aromatic N) is 5. The molecule has 1 atom stereocenters. The lowest BCUT2D eigenvalue weighted by molar-refractivity contribution is -0.0379. The molecule has 144 valence electrons. The van der Waals surface area contributed by atoms with E-state index in [1.54, 1.807) is 11.3 Å². The van der Waals surface area contributed by atoms with Crippen LogP contribution in [0.25, 0.3) is 15.9 Å². The fraction of sp³-hybridized carbons (Fsp3) is 0.650. The van der Waals surface area contributed by atoms with Gasteiger partial charge in [-0.2, -0.15) is 0 Å². The maximum Gasteiger partial charge on any atom is 0.168 e. The molecule has 0 aliphatic carbocycles. The van der Waals surface area contributed by atoms with Crippen molar-refractivity contribution in [3.63, 3.8) is 0 Å². The second-order valence-corrected chi connectivity index (χ2v) is 9.56. The molecule has 0 radical (unpaired) electrons. The number of piperidine rings is 1. The van der Waals surface area contributed by atoms with Crippen LogP contribution in [-0.4, -0.2) is 42.7 Å². The summed E-state index contributed by atoms with van der Waals surface area (Å²) in [7, 11) is 0. The molecule has 5 rings (SSSR count). The van der Waals surface area contributed by atoms with Crippen LogP contribution in [0.15, 0.2) is 6.33 Å². The molecule has 27 heavy (non-hydrogen) atoms. The molecule has 0 aromatic carbocycles. The second-order valence-electron chi connectivity index (χ2n) is 8.48. The quantitative estimate of drug-likeness (QED) is 0.683. The van der Waals surface area contributed by atoms with Gasteiger partial charge in [0.1, 0.15) is 11.2 Å². The zero-order valence-electron chi connectivity index (χ0n) is 16.4. The van der Waals surface area contributed by atoms with Gasteiger partial charge < -0.3 is 4.74 Å². The molecule has 0 amide bonds. The molecule has 2 aliphatic rings. The fourth-order valence-electron chi connectivity index (χ4n) is 4.57. The second kappa shape index (κ2) is 6.50. The minimum Gasteiger partial charge on any atom is -0.370 e. The molecule has 1 fully saturated rings. The van der Waals surface area contributed by atoms with Gasteiger partial charge in [0.25, 0.3) is 0 Å². The summed E-state index contributed by atoms with van der Waals surface area (Å²) in [6, 6.07) is 0.662. The standard InChI is InChI=1S/C20H27N5OS/c1-4-13-7-5-6-8-24(13)10-16-22-18-17-14-9-20(2,3)26-11-15(14)27-19(17)21-12-25(18)23-16/h12-13H,4-11H2,1-3H3. The Morgan fingerprint density at radius 2 is 2.22 bits per heavy atom. The van der Waals surface area contributed by atoms with E-state index in [9.17, 15) is 0 Å². The Balaban J connectivity index is 1.55. The van der Waals surface area contributed by atoms with Crippen LogP contribution in [0.5, 0.6) is 0 Å². The summed E-state index contributed by atoms with van der Waals surface area (Å²) in [6.07, 6.45) is 7.83. The number of hydrogen-bond donors (Lipinski definition) is 0. The van der Waals surface area contributed by atoms with Crippen LogP contribution < -0.4 is 0 Å². The Kier molecular flexibility index (Phi) is 4.22. The van der Waals surface area contributed by atoms with E-state index in [2.05, 4.69) is 30.7 Å². The van der Waals surface area contributed by atoms with Crippen LogP contribution in [0, 0.1) is 0 Å². The molecule has 1 unspecified atom stereocenters. The first-order valence-electron chi connectivity index (χ1n) is 10.1. The van der Waals surface area contributed by atoms with E-state index >= 15 is 0 Å². The highest BCUT2D eigenvalue weighted by atomic mass is 32.1. The van der Waals surface area contributed by atoms with E-state index in [-0.39, 0.29) is 5.60 Å². The summed E-state index contributed by atoms with van der Waals surface area (Å²) in [5, 5.41) is 5.94. The van der Waals surface area contributed by atoms with Crippen molar-refractivity contribution in [1.29, 1.82) is 0 Å². The first-order chi connectivity index (χ1) is 13.0. The van der Waals surface area contributed by atoms with Gasteiger partial charge in [-0.1, -0.05) is 13.3 Å². The Hall–Kier alpha value is -1.57. The van der Waals surface area contributed by atoms with E-state index in [1.165, 1.54) is 41.5 Å². The number of aromatic nitrogens is 4. The van der Waals surface area contributed by atoms with Gasteiger partial charge >= 0.3 is 0 Å². The third-order valence-corrected chi connectivity index (χ3v) is 7.13. The molecular formula is C20H27N5OS. The maximum absolute atomic E-state index is 6.00. The molecule has 5 heterocycles. The molecule has 0 N–H and O–H groups in total. The average molecular weight is 386 g/mol. The number of likely N-dealkylation sites (tertiary alicyclic amines) is 1. The van der Waals surface area contributed by atoms with Crippen LogP contribution in [0.2, 0.25) is 0 Å². The predicted molar refractivity (Wildman–Crippen MR) is 107 cm³/mol. The van der Waals surface area contributed by atoms with Gasteiger partial charge in [-0.05, 0) is 45.2 Å². The Labute approximate surface area is 163 Å². The summed E-state index contributed by atoms with van der Waals surface area (Å²) in [5.74, 6) is 0.913. The topological polar surface area (TPSA) is 55.6 Å². The van der Waals surface area contributed by atoms with Crippen LogP contribution in [-0.2, 0) is 24.3 Å². The molecule has 1 saturated heterocycles. The Morgan fingerprint density at radius 1 is 1.33 bits per heavy atom. The van der Waals surface area contributed by atoms with Crippen molar-refractivity contribution >= 4 is 27.2 Å². The zero-order valence-corrected chi connectivity index (χ0v) is 17.2. The van der Waals surface area contributed by atoms with E-state index in [0.29, 0.717) is 12.6 Å². The molecule has 7 heteroatoms. The third-order valence-electron chi connectivity index (χ3n) is 6.02. The van der Waals surface area contributed by atoms with E-state index in [0.717, 1.165) is 35.8 Å². The van der Waals surface area contributed by atoms with Gasteiger partial charge in [0.2, 0.25) is 0 Å². The summed E-state index contributed by atoms with van der Waals surface area (Å²) in [4.78, 5) is 14.5. The lowest BCUT2D eigenvalue weighted by atomic mass is 9.94. The van der Waals surface area contributed by atoms with E-state index in [1.807, 2.05) is 10.8 Å². The fourth-order valence-corrected chi connectivity index (χ4v) is 5.63. The summed E-state index contributed by atoms with van der Waals surface area (Å²) < 4.78 is 7.87. The Bertz CT molecular complexity index is 991. The molecule has 0 saturated carbocycles. The van der Waals surface area contributed by atoms with Crippen molar-refractivity contribution in [2.45, 2.75) is 77.7 Å². The molecule has 2 aliphatic heterocycles. The minimum absolute atomic E-state index is 0.140. The number of thiophene rings is 1. The number of fused-ring (bicyclic) bond motifs is 5. The lowest BCUT2D eigenvalue weighted by Gasteiger charge is -2.34. The molecule has 3 aromatic heterocycles. The number of ether oxygens (including phenoxy) is 1. The minimum atomic E-state index is -0.140. The first-order valence-corrected chi connectivity index (χ1v) is 10.9. The van der Waals surface area contributed by atoms with Crippen molar-refractivity contribution in [2.24, 2.45) is 0 Å². The summed E-state index contributed by atoms with van der Waals surface area (Å²) in [6.45, 7) is 9.26. The highest BCUT2D eigenvalue weighted by Crippen LogP contribution is 2.39. The lowest BCUT2D eigenvalue weighted by Crippen LogP contribution is -2.38. The van der Waals surface area contributed by atoms with Gasteiger partial charge in [-0.15, -0.1) is 16.4 Å². The molecular weight excluding hydrogens is 358 g/mol. The van der Waals surface area contributed by atoms with Crippen LogP contribution in [0.3, 0.4) is 0 Å². The molecule has 6 nitrogen and oxygen atoms in total. The highest BCUT2D eigenvalue weighted by Gasteiger charge is 2.31. The Morgan fingerprint density at radius 3 is 3.07 bits per heavy atom. The zero-order chi connectivity index (χ0) is 18.6. The van der Waals surface area contributed by atoms with Crippen LogP contribution in [0.4, 0.5) is 0 Å². The number of hydrogen-bond acceptors (Lipinski definition) is 6. The van der Waals surface area contributed by atoms with Gasteiger partial charge in [0.15, 0.2) is 11.5 Å². The molecule has 0 bridgehead atoms. The van der Waals surface area contributed by atoms with Crippen molar-refractivity contribution in [3.8, 4) is 0 Å². The monoisotopic (exact) mass is 385 g/mol. The summed E-state index contributed by atoms with van der Waals surface area (Å²) in [5.41, 5.74) is 2.17. The normalized spacial score (nSPS) is 23.1. The SMILES string of the molecule is CCC1CCCCN1Cc1nc2c3c4c(sc3ncn2n1)COC(C)(C)C4. The largest absolute Gasteiger partial charge is 0.370 e. The predicted octanol–water partition coefficient (Wildman–Crippen LogP) is 3.95. The van der Waals surface area contributed by atoms with Gasteiger partial charge in [0, 0.05) is 17.3 Å². The average Bonchev–Trinajstić information content (AvgIpc) is 3.21. The van der Waals surface area contributed by atoms with Gasteiger partial charge in [-0.25, -0.2) is 14.5 Å². The van der Waals surface area contributed by atoms with Gasteiger partial charge in [0.05, 0.1) is 24.1 Å². The van der Waals surface area contributed by atoms with Gasteiger partial charge in [-0.3, -0.25) is 4.90 Å². The first kappa shape index (κ1) is 17.5. The van der Waals surface area contributed by atoms with Crippen molar-refractivity contribution in [3.05, 3.63) is 22.6 Å². The van der Waals surface area contributed by atoms with Crippen molar-refractivity contribution in [1.82, 2.24) is 24.5 Å². The maximum atomic E-state index is 6.00. The van der Waals surface area contributed by atoms with Crippen molar-refractivity contribution in [2.75, 3.05) is 6.54 Å². The number of rotatable bonds is 3. The molecule has 3 aromatic rings. The van der Waals surface area contributed by atoms with Crippen LogP contribution >= 0.6 is 11.3 Å². The molecule has 0 spiro atoms. The summed E-state index contributed by atoms with van der Waals surface area (Å²) >= 11 is 1.74. The van der Waals surface area contributed by atoms with Crippen LogP contribution in [0.1, 0.15) is 62.7 Å².